The summed E-state index contributed by atoms with van der Waals surface area (Å²) in [7, 11) is 0. The minimum atomic E-state index is -1.00. The Morgan fingerprint density at radius 3 is 2.06 bits per heavy atom. The molecule has 0 amide bonds. The third kappa shape index (κ3) is 1.75. The molecule has 0 fully saturated rings. The molecule has 3 nitrogen and oxygen atoms in total. The van der Waals surface area contributed by atoms with Gasteiger partial charge in [0.25, 0.3) is 0 Å². The summed E-state index contributed by atoms with van der Waals surface area (Å²) < 4.78 is 0. The van der Waals surface area contributed by atoms with Gasteiger partial charge in [0.1, 0.15) is 5.75 Å². The Morgan fingerprint density at radius 1 is 0.875 bits per heavy atom. The van der Waals surface area contributed by atoms with Crippen LogP contribution in [0.1, 0.15) is 10.4 Å². The van der Waals surface area contributed by atoms with Crippen LogP contribution in [0.15, 0.2) is 48.5 Å². The van der Waals surface area contributed by atoms with Gasteiger partial charge in [-0.15, -0.1) is 0 Å². The van der Waals surface area contributed by atoms with E-state index in [9.17, 15) is 9.90 Å². The second-order valence-electron chi connectivity index (χ2n) is 3.37. The van der Waals surface area contributed by atoms with Crippen molar-refractivity contribution in [2.75, 3.05) is 0 Å². The molecule has 16 heavy (non-hydrogen) atoms. The molecule has 2 N–H and O–H groups in total. The van der Waals surface area contributed by atoms with Gasteiger partial charge in [-0.1, -0.05) is 36.4 Å². The molecule has 0 aliphatic rings. The van der Waals surface area contributed by atoms with Crippen molar-refractivity contribution in [3.8, 4) is 16.9 Å². The fourth-order valence-electron chi connectivity index (χ4n) is 1.61. The van der Waals surface area contributed by atoms with Gasteiger partial charge in [-0.3, -0.25) is 0 Å². The highest BCUT2D eigenvalue weighted by molar-refractivity contribution is 5.96. The molecular weight excluding hydrogens is 204 g/mol. The normalized spacial score (nSPS) is 10.0. The zero-order valence-corrected chi connectivity index (χ0v) is 8.42. The highest BCUT2D eigenvalue weighted by Crippen LogP contribution is 2.30. The third-order valence-corrected chi connectivity index (χ3v) is 2.35. The van der Waals surface area contributed by atoms with Gasteiger partial charge in [0, 0.05) is 5.56 Å². The third-order valence-electron chi connectivity index (χ3n) is 2.35. The van der Waals surface area contributed by atoms with E-state index in [4.69, 9.17) is 5.11 Å². The van der Waals surface area contributed by atoms with Crippen molar-refractivity contribution in [1.82, 2.24) is 0 Å². The summed E-state index contributed by atoms with van der Waals surface area (Å²) in [6.45, 7) is 0. The molecule has 0 unspecified atom stereocenters. The molecule has 0 aromatic heterocycles. The molecule has 3 heteroatoms. The fourth-order valence-corrected chi connectivity index (χ4v) is 1.61. The van der Waals surface area contributed by atoms with Crippen LogP contribution in [0.4, 0.5) is 0 Å². The number of hydrogen-bond donors (Lipinski definition) is 2. The van der Waals surface area contributed by atoms with Gasteiger partial charge in [-0.25, -0.2) is 4.79 Å². The van der Waals surface area contributed by atoms with E-state index < -0.39 is 5.97 Å². The van der Waals surface area contributed by atoms with Gasteiger partial charge in [-0.05, 0) is 17.7 Å². The molecule has 2 rings (SSSR count). The number of carbonyl (C=O) groups is 1. The average Bonchev–Trinajstić information content (AvgIpc) is 2.29. The van der Waals surface area contributed by atoms with Gasteiger partial charge in [0.05, 0.1) is 5.56 Å². The lowest BCUT2D eigenvalue weighted by Gasteiger charge is -2.07. The Balaban J connectivity index is 2.65. The number of aromatic carboxylic acids is 1. The number of carboxylic acid groups (broad SMARTS) is 1. The number of hydrogen-bond acceptors (Lipinski definition) is 2. The molecule has 0 heterocycles. The van der Waals surface area contributed by atoms with Crippen molar-refractivity contribution in [1.29, 1.82) is 0 Å². The second kappa shape index (κ2) is 4.06. The highest BCUT2D eigenvalue weighted by Gasteiger charge is 2.12. The molecule has 2 aromatic rings. The SMILES string of the molecule is O=C(O)c1ccccc1-c1ccccc1O. The van der Waals surface area contributed by atoms with Crippen molar-refractivity contribution >= 4 is 5.97 Å². The van der Waals surface area contributed by atoms with E-state index in [-0.39, 0.29) is 11.3 Å². The first-order chi connectivity index (χ1) is 7.70. The van der Waals surface area contributed by atoms with Gasteiger partial charge in [-0.2, -0.15) is 0 Å². The minimum Gasteiger partial charge on any atom is -0.507 e. The topological polar surface area (TPSA) is 57.5 Å². The maximum atomic E-state index is 11.0. The van der Waals surface area contributed by atoms with Crippen molar-refractivity contribution < 1.29 is 15.0 Å². The van der Waals surface area contributed by atoms with Crippen LogP contribution in [-0.4, -0.2) is 16.2 Å². The summed E-state index contributed by atoms with van der Waals surface area (Å²) in [6, 6.07) is 13.3. The molecule has 0 atom stereocenters. The van der Waals surface area contributed by atoms with Crippen molar-refractivity contribution in [2.45, 2.75) is 0 Å². The van der Waals surface area contributed by atoms with Crippen LogP contribution in [0.2, 0.25) is 0 Å². The van der Waals surface area contributed by atoms with Crippen LogP contribution in [0.25, 0.3) is 11.1 Å². The summed E-state index contributed by atoms with van der Waals surface area (Å²) in [5.41, 5.74) is 1.23. The quantitative estimate of drug-likeness (QED) is 0.808. The molecule has 80 valence electrons. The Bertz CT molecular complexity index is 532. The first-order valence-electron chi connectivity index (χ1n) is 4.81. The number of benzene rings is 2. The van der Waals surface area contributed by atoms with Crippen LogP contribution in [0, 0.1) is 0 Å². The van der Waals surface area contributed by atoms with Crippen molar-refractivity contribution in [3.05, 3.63) is 54.1 Å². The number of carboxylic acids is 1. The Hall–Kier alpha value is -2.29. The predicted molar refractivity (Wildman–Crippen MR) is 60.5 cm³/mol. The monoisotopic (exact) mass is 214 g/mol. The zero-order chi connectivity index (χ0) is 11.5. The van der Waals surface area contributed by atoms with E-state index >= 15 is 0 Å². The maximum Gasteiger partial charge on any atom is 0.336 e. The smallest absolute Gasteiger partial charge is 0.336 e. The van der Waals surface area contributed by atoms with E-state index in [1.165, 1.54) is 12.1 Å². The standard InChI is InChI=1S/C13H10O3/c14-12-8-4-3-6-10(12)9-5-1-2-7-11(9)13(15)16/h1-8,14H,(H,15,16). The van der Waals surface area contributed by atoms with E-state index in [2.05, 4.69) is 0 Å². The predicted octanol–water partition coefficient (Wildman–Crippen LogP) is 2.76. The largest absolute Gasteiger partial charge is 0.507 e. The van der Waals surface area contributed by atoms with E-state index in [1.54, 1.807) is 36.4 Å². The number of rotatable bonds is 2. The highest BCUT2D eigenvalue weighted by atomic mass is 16.4. The summed E-state index contributed by atoms with van der Waals surface area (Å²) in [5, 5.41) is 18.7. The first kappa shape index (κ1) is 10.2. The molecule has 0 saturated carbocycles. The van der Waals surface area contributed by atoms with Crippen molar-refractivity contribution in [3.63, 3.8) is 0 Å². The summed E-state index contributed by atoms with van der Waals surface area (Å²) >= 11 is 0. The summed E-state index contributed by atoms with van der Waals surface area (Å²) in [6.07, 6.45) is 0. The summed E-state index contributed by atoms with van der Waals surface area (Å²) in [4.78, 5) is 11.0. The number of para-hydroxylation sites is 1. The zero-order valence-electron chi connectivity index (χ0n) is 8.42. The number of phenolic OH excluding ortho intramolecular Hbond substituents is 1. The molecule has 0 bridgehead atoms. The lowest BCUT2D eigenvalue weighted by atomic mass is 9.99. The van der Waals surface area contributed by atoms with E-state index in [1.807, 2.05) is 0 Å². The van der Waals surface area contributed by atoms with Crippen LogP contribution in [-0.2, 0) is 0 Å². The lowest BCUT2D eigenvalue weighted by Crippen LogP contribution is -1.98. The Kier molecular flexibility index (Phi) is 2.60. The molecule has 0 radical (unpaired) electrons. The minimum absolute atomic E-state index is 0.0798. The van der Waals surface area contributed by atoms with Gasteiger partial charge in [0.15, 0.2) is 0 Å². The molecule has 0 aliphatic carbocycles. The van der Waals surface area contributed by atoms with E-state index in [0.29, 0.717) is 11.1 Å². The number of aromatic hydroxyl groups is 1. The van der Waals surface area contributed by atoms with Crippen LogP contribution in [0.3, 0.4) is 0 Å². The average molecular weight is 214 g/mol. The van der Waals surface area contributed by atoms with Crippen LogP contribution in [0.5, 0.6) is 5.75 Å². The molecular formula is C13H10O3. The van der Waals surface area contributed by atoms with E-state index in [0.717, 1.165) is 0 Å². The maximum absolute atomic E-state index is 11.0. The van der Waals surface area contributed by atoms with Crippen molar-refractivity contribution in [2.24, 2.45) is 0 Å². The first-order valence-corrected chi connectivity index (χ1v) is 4.81. The summed E-state index contributed by atoms with van der Waals surface area (Å²) in [5.74, 6) is -0.921. The fraction of sp³-hybridized carbons (Fsp3) is 0. The molecule has 0 saturated heterocycles. The molecule has 0 spiro atoms. The van der Waals surface area contributed by atoms with Gasteiger partial charge in [0.2, 0.25) is 0 Å². The Labute approximate surface area is 92.6 Å². The Morgan fingerprint density at radius 2 is 1.44 bits per heavy atom. The van der Waals surface area contributed by atoms with Crippen LogP contribution >= 0.6 is 0 Å². The van der Waals surface area contributed by atoms with Crippen LogP contribution < -0.4 is 0 Å². The molecule has 2 aromatic carbocycles. The second-order valence-corrected chi connectivity index (χ2v) is 3.37. The van der Waals surface area contributed by atoms with Gasteiger partial charge >= 0.3 is 5.97 Å². The number of phenols is 1. The lowest BCUT2D eigenvalue weighted by molar-refractivity contribution is 0.0698. The van der Waals surface area contributed by atoms with Gasteiger partial charge < -0.3 is 10.2 Å². The molecule has 0 aliphatic heterocycles.